The van der Waals surface area contributed by atoms with E-state index in [9.17, 15) is 0 Å². The SMILES string of the molecule is C1=C(c2ccccc2)C=C(c2ccccc2)C1c1cccc2c1C(Nc1ccccc1)N(c1ccccc1)c1cc(-c3ccccc3)cc(-c3ccccc3)c1-2. The lowest BCUT2D eigenvalue weighted by Gasteiger charge is -2.43. The van der Waals surface area contributed by atoms with Gasteiger partial charge in [-0.2, -0.15) is 0 Å². The van der Waals surface area contributed by atoms with E-state index in [4.69, 9.17) is 0 Å². The van der Waals surface area contributed by atoms with Gasteiger partial charge in [-0.15, -0.1) is 0 Å². The Bertz CT molecular complexity index is 2690. The van der Waals surface area contributed by atoms with Gasteiger partial charge in [0.15, 0.2) is 0 Å². The van der Waals surface area contributed by atoms with Crippen LogP contribution in [0.25, 0.3) is 44.5 Å². The quantitative estimate of drug-likeness (QED) is 0.168. The highest BCUT2D eigenvalue weighted by Gasteiger charge is 2.38. The van der Waals surface area contributed by atoms with Crippen molar-refractivity contribution in [2.45, 2.75) is 12.1 Å². The van der Waals surface area contributed by atoms with Crippen LogP contribution in [-0.2, 0) is 0 Å². The van der Waals surface area contributed by atoms with E-state index in [1.807, 2.05) is 0 Å². The minimum atomic E-state index is -0.237. The molecule has 2 aliphatic rings. The van der Waals surface area contributed by atoms with E-state index in [0.29, 0.717) is 0 Å². The maximum atomic E-state index is 4.09. The summed E-state index contributed by atoms with van der Waals surface area (Å²) in [4.78, 5) is 2.54. The van der Waals surface area contributed by atoms with Gasteiger partial charge in [-0.25, -0.2) is 0 Å². The Labute approximate surface area is 329 Å². The molecule has 0 saturated heterocycles. The van der Waals surface area contributed by atoms with Gasteiger partial charge in [0.25, 0.3) is 0 Å². The van der Waals surface area contributed by atoms with Crippen LogP contribution in [0.3, 0.4) is 0 Å². The molecule has 0 bridgehead atoms. The second-order valence-electron chi connectivity index (χ2n) is 14.5. The lowest BCUT2D eigenvalue weighted by molar-refractivity contribution is 0.768. The van der Waals surface area contributed by atoms with Gasteiger partial charge in [0, 0.05) is 28.4 Å². The van der Waals surface area contributed by atoms with Gasteiger partial charge >= 0.3 is 0 Å². The lowest BCUT2D eigenvalue weighted by Crippen LogP contribution is -2.35. The molecule has 1 aliphatic heterocycles. The lowest BCUT2D eigenvalue weighted by atomic mass is 9.78. The van der Waals surface area contributed by atoms with Crippen LogP contribution in [0.2, 0.25) is 0 Å². The average Bonchev–Trinajstić information content (AvgIpc) is 3.73. The molecule has 0 fully saturated rings. The predicted molar refractivity (Wildman–Crippen MR) is 236 cm³/mol. The zero-order valence-corrected chi connectivity index (χ0v) is 31.0. The molecule has 10 rings (SSSR count). The van der Waals surface area contributed by atoms with E-state index >= 15 is 0 Å². The van der Waals surface area contributed by atoms with Crippen LogP contribution in [0.4, 0.5) is 17.1 Å². The molecule has 1 aliphatic carbocycles. The maximum absolute atomic E-state index is 4.09. The molecule has 0 amide bonds. The van der Waals surface area contributed by atoms with Crippen molar-refractivity contribution >= 4 is 28.2 Å². The first-order valence-corrected chi connectivity index (χ1v) is 19.4. The highest BCUT2D eigenvalue weighted by molar-refractivity contribution is 6.02. The summed E-state index contributed by atoms with van der Waals surface area (Å²) in [6.07, 6.45) is 4.65. The third-order valence-corrected chi connectivity index (χ3v) is 11.2. The zero-order valence-electron chi connectivity index (χ0n) is 31.0. The summed E-state index contributed by atoms with van der Waals surface area (Å²) in [5.41, 5.74) is 18.2. The Kier molecular flexibility index (Phi) is 8.70. The van der Waals surface area contributed by atoms with Gasteiger partial charge < -0.3 is 10.2 Å². The van der Waals surface area contributed by atoms with Crippen molar-refractivity contribution in [3.05, 3.63) is 247 Å². The molecule has 2 unspecified atom stereocenters. The van der Waals surface area contributed by atoms with Crippen molar-refractivity contribution in [1.29, 1.82) is 0 Å². The van der Waals surface area contributed by atoms with Crippen molar-refractivity contribution in [1.82, 2.24) is 0 Å². The average molecular weight is 717 g/mol. The predicted octanol–water partition coefficient (Wildman–Crippen LogP) is 14.2. The molecular formula is C54H40N2. The number of nitrogens with zero attached hydrogens (tertiary/aromatic N) is 1. The van der Waals surface area contributed by atoms with E-state index < -0.39 is 0 Å². The zero-order chi connectivity index (χ0) is 37.3. The number of fused-ring (bicyclic) bond motifs is 3. The highest BCUT2D eigenvalue weighted by Crippen LogP contribution is 2.56. The fourth-order valence-corrected chi connectivity index (χ4v) is 8.63. The van der Waals surface area contributed by atoms with Crippen molar-refractivity contribution in [2.75, 3.05) is 10.2 Å². The number of hydrogen-bond acceptors (Lipinski definition) is 2. The molecule has 0 saturated carbocycles. The third-order valence-electron chi connectivity index (χ3n) is 11.2. The number of hydrogen-bond donors (Lipinski definition) is 1. The standard InChI is InChI=1S/C54H40N2/c1-7-20-38(21-8-1)42-34-48(40-24-11-3-12-25-40)50(36-42)46-32-19-33-47-52-49(41-26-13-4-14-27-41)35-43(39-22-9-2-10-23-39)37-51(52)56(45-30-17-6-18-31-45)54(53(46)47)55-44-28-15-5-16-29-44/h1-37,50,54-55H. The monoisotopic (exact) mass is 716 g/mol. The van der Waals surface area contributed by atoms with Crippen molar-refractivity contribution < 1.29 is 0 Å². The minimum Gasteiger partial charge on any atom is -0.361 e. The molecule has 266 valence electrons. The van der Waals surface area contributed by atoms with Crippen LogP contribution >= 0.6 is 0 Å². The summed E-state index contributed by atoms with van der Waals surface area (Å²) in [7, 11) is 0. The molecule has 0 radical (unpaired) electrons. The van der Waals surface area contributed by atoms with Crippen molar-refractivity contribution in [3.8, 4) is 33.4 Å². The molecule has 0 aromatic heterocycles. The number of allylic oxidation sites excluding steroid dienone is 4. The Hall–Kier alpha value is -7.16. The normalized spacial score (nSPS) is 15.7. The van der Waals surface area contributed by atoms with Crippen LogP contribution in [-0.4, -0.2) is 0 Å². The summed E-state index contributed by atoms with van der Waals surface area (Å²) < 4.78 is 0. The van der Waals surface area contributed by atoms with Crippen LogP contribution in [0.1, 0.15) is 34.3 Å². The Morgan fingerprint density at radius 1 is 0.429 bits per heavy atom. The van der Waals surface area contributed by atoms with Gasteiger partial charge in [-0.1, -0.05) is 182 Å². The number of benzene rings is 8. The van der Waals surface area contributed by atoms with Crippen LogP contribution in [0, 0.1) is 0 Å². The summed E-state index contributed by atoms with van der Waals surface area (Å²) in [6, 6.07) is 76.7. The third kappa shape index (κ3) is 6.12. The Balaban J connectivity index is 1.29. The van der Waals surface area contributed by atoms with E-state index in [1.54, 1.807) is 0 Å². The molecule has 0 spiro atoms. The van der Waals surface area contributed by atoms with Gasteiger partial charge in [-0.05, 0) is 98.1 Å². The van der Waals surface area contributed by atoms with Gasteiger partial charge in [0.1, 0.15) is 6.17 Å². The Morgan fingerprint density at radius 3 is 1.62 bits per heavy atom. The smallest absolute Gasteiger partial charge is 0.131 e. The van der Waals surface area contributed by atoms with Crippen LogP contribution in [0.15, 0.2) is 224 Å². The Morgan fingerprint density at radius 2 is 0.982 bits per heavy atom. The van der Waals surface area contributed by atoms with Gasteiger partial charge in [0.05, 0.1) is 5.69 Å². The first-order chi connectivity index (χ1) is 27.8. The largest absolute Gasteiger partial charge is 0.361 e. The second kappa shape index (κ2) is 14.6. The van der Waals surface area contributed by atoms with Crippen LogP contribution < -0.4 is 10.2 Å². The topological polar surface area (TPSA) is 15.3 Å². The van der Waals surface area contributed by atoms with E-state index in [2.05, 4.69) is 235 Å². The molecule has 8 aromatic carbocycles. The molecular weight excluding hydrogens is 677 g/mol. The fraction of sp³-hybridized carbons (Fsp3) is 0.0370. The summed E-state index contributed by atoms with van der Waals surface area (Å²) in [5.74, 6) is 0.0190. The molecule has 8 aromatic rings. The summed E-state index contributed by atoms with van der Waals surface area (Å²) in [5, 5.41) is 4.09. The second-order valence-corrected chi connectivity index (χ2v) is 14.5. The number of rotatable bonds is 8. The van der Waals surface area contributed by atoms with E-state index in [-0.39, 0.29) is 12.1 Å². The fourth-order valence-electron chi connectivity index (χ4n) is 8.63. The molecule has 2 heteroatoms. The van der Waals surface area contributed by atoms with Crippen LogP contribution in [0.5, 0.6) is 0 Å². The maximum Gasteiger partial charge on any atom is 0.131 e. The molecule has 56 heavy (non-hydrogen) atoms. The highest BCUT2D eigenvalue weighted by atomic mass is 15.3. The minimum absolute atomic E-state index is 0.0190. The summed E-state index contributed by atoms with van der Waals surface area (Å²) >= 11 is 0. The number of anilines is 3. The van der Waals surface area contributed by atoms with Crippen molar-refractivity contribution in [3.63, 3.8) is 0 Å². The molecule has 2 nitrogen and oxygen atoms in total. The molecule has 2 atom stereocenters. The molecule has 1 N–H and O–H groups in total. The first kappa shape index (κ1) is 33.4. The van der Waals surface area contributed by atoms with Gasteiger partial charge in [-0.3, -0.25) is 0 Å². The van der Waals surface area contributed by atoms with E-state index in [1.165, 1.54) is 72.5 Å². The van der Waals surface area contributed by atoms with E-state index in [0.717, 1.165) is 11.4 Å². The molecule has 1 heterocycles. The van der Waals surface area contributed by atoms with Gasteiger partial charge in [0.2, 0.25) is 0 Å². The number of para-hydroxylation sites is 2. The summed E-state index contributed by atoms with van der Waals surface area (Å²) in [6.45, 7) is 0. The number of nitrogens with one attached hydrogen (secondary N) is 1. The first-order valence-electron chi connectivity index (χ1n) is 19.4. The van der Waals surface area contributed by atoms with Crippen molar-refractivity contribution in [2.24, 2.45) is 0 Å².